The van der Waals surface area contributed by atoms with Gasteiger partial charge < -0.3 is 5.73 Å². The van der Waals surface area contributed by atoms with Gasteiger partial charge in [-0.25, -0.2) is 4.39 Å². The number of pyridine rings is 1. The van der Waals surface area contributed by atoms with E-state index in [0.29, 0.717) is 22.7 Å². The summed E-state index contributed by atoms with van der Waals surface area (Å²) in [7, 11) is 0. The van der Waals surface area contributed by atoms with E-state index in [9.17, 15) is 4.39 Å². The highest BCUT2D eigenvalue weighted by molar-refractivity contribution is 6.31. The number of halogens is 2. The van der Waals surface area contributed by atoms with Crippen LogP contribution in [0.5, 0.6) is 0 Å². The van der Waals surface area contributed by atoms with E-state index < -0.39 is 0 Å². The Morgan fingerprint density at radius 1 is 1.25 bits per heavy atom. The van der Waals surface area contributed by atoms with Crippen LogP contribution < -0.4 is 5.73 Å². The van der Waals surface area contributed by atoms with Crippen LogP contribution in [-0.2, 0) is 6.42 Å². The molecule has 2 rings (SSSR count). The second kappa shape index (κ2) is 4.49. The smallest absolute Gasteiger partial charge is 0.123 e. The predicted octanol–water partition coefficient (Wildman–Crippen LogP) is 3.05. The van der Waals surface area contributed by atoms with Gasteiger partial charge in [-0.3, -0.25) is 4.98 Å². The molecular formula is C12H10ClFN2. The van der Waals surface area contributed by atoms with Crippen molar-refractivity contribution in [2.45, 2.75) is 6.42 Å². The fraction of sp³-hybridized carbons (Fsp3) is 0.0833. The van der Waals surface area contributed by atoms with Crippen molar-refractivity contribution in [1.29, 1.82) is 0 Å². The van der Waals surface area contributed by atoms with E-state index in [1.807, 2.05) is 0 Å². The highest BCUT2D eigenvalue weighted by Gasteiger charge is 2.05. The molecule has 1 aromatic carbocycles. The summed E-state index contributed by atoms with van der Waals surface area (Å²) in [5.74, 6) is -0.304. The Hall–Kier alpha value is -1.61. The molecule has 0 radical (unpaired) electrons. The lowest BCUT2D eigenvalue weighted by atomic mass is 10.1. The van der Waals surface area contributed by atoms with Gasteiger partial charge in [0, 0.05) is 29.5 Å². The maximum absolute atomic E-state index is 13.0. The van der Waals surface area contributed by atoms with Gasteiger partial charge in [0.2, 0.25) is 0 Å². The number of nitrogens with zero attached hydrogens (tertiary/aromatic N) is 1. The second-order valence-corrected chi connectivity index (χ2v) is 3.89. The van der Waals surface area contributed by atoms with E-state index >= 15 is 0 Å². The molecule has 0 atom stereocenters. The van der Waals surface area contributed by atoms with Crippen LogP contribution in [0.3, 0.4) is 0 Å². The van der Waals surface area contributed by atoms with Crippen molar-refractivity contribution in [2.75, 3.05) is 5.73 Å². The third-order valence-corrected chi connectivity index (χ3v) is 2.70. The molecule has 0 unspecified atom stereocenters. The fourth-order valence-electron chi connectivity index (χ4n) is 1.47. The minimum absolute atomic E-state index is 0.304. The van der Waals surface area contributed by atoms with E-state index in [4.69, 9.17) is 17.3 Å². The summed E-state index contributed by atoms with van der Waals surface area (Å²) in [5.41, 5.74) is 7.97. The van der Waals surface area contributed by atoms with E-state index in [1.54, 1.807) is 24.5 Å². The normalized spacial score (nSPS) is 10.4. The molecule has 0 saturated heterocycles. The van der Waals surface area contributed by atoms with Crippen molar-refractivity contribution in [3.05, 3.63) is 58.6 Å². The first-order valence-electron chi connectivity index (χ1n) is 4.79. The number of nitrogen functional groups attached to an aromatic ring is 1. The third kappa shape index (κ3) is 2.31. The molecule has 1 heterocycles. The highest BCUT2D eigenvalue weighted by atomic mass is 35.5. The van der Waals surface area contributed by atoms with Crippen molar-refractivity contribution >= 4 is 17.3 Å². The Morgan fingerprint density at radius 3 is 2.81 bits per heavy atom. The molecule has 0 bridgehead atoms. The first-order valence-corrected chi connectivity index (χ1v) is 5.17. The van der Waals surface area contributed by atoms with Crippen molar-refractivity contribution < 1.29 is 4.39 Å². The first-order chi connectivity index (χ1) is 7.66. The van der Waals surface area contributed by atoms with Gasteiger partial charge >= 0.3 is 0 Å². The average molecular weight is 237 g/mol. The molecule has 0 spiro atoms. The molecule has 82 valence electrons. The average Bonchev–Trinajstić information content (AvgIpc) is 2.27. The van der Waals surface area contributed by atoms with E-state index in [1.165, 1.54) is 12.1 Å². The Bertz CT molecular complexity index is 514. The summed E-state index contributed by atoms with van der Waals surface area (Å²) in [4.78, 5) is 3.98. The molecule has 2 N–H and O–H groups in total. The highest BCUT2D eigenvalue weighted by Crippen LogP contribution is 2.22. The molecule has 2 nitrogen and oxygen atoms in total. The molecule has 0 amide bonds. The summed E-state index contributed by atoms with van der Waals surface area (Å²) in [5, 5.41) is 0.532. The maximum atomic E-state index is 13.0. The lowest BCUT2D eigenvalue weighted by molar-refractivity contribution is 0.626. The third-order valence-electron chi connectivity index (χ3n) is 2.33. The molecule has 1 aromatic heterocycles. The Balaban J connectivity index is 2.34. The summed E-state index contributed by atoms with van der Waals surface area (Å²) in [6, 6.07) is 5.99. The predicted molar refractivity (Wildman–Crippen MR) is 62.9 cm³/mol. The van der Waals surface area contributed by atoms with Crippen LogP contribution in [-0.4, -0.2) is 4.98 Å². The summed E-state index contributed by atoms with van der Waals surface area (Å²) in [6.07, 6.45) is 3.76. The van der Waals surface area contributed by atoms with Crippen LogP contribution >= 0.6 is 11.6 Å². The molecule has 0 fully saturated rings. The molecule has 0 aliphatic heterocycles. The van der Waals surface area contributed by atoms with Crippen LogP contribution in [0.4, 0.5) is 10.1 Å². The lowest BCUT2D eigenvalue weighted by Crippen LogP contribution is -1.97. The van der Waals surface area contributed by atoms with Gasteiger partial charge in [0.15, 0.2) is 0 Å². The summed E-state index contributed by atoms with van der Waals surface area (Å²) in [6.45, 7) is 0. The van der Waals surface area contributed by atoms with Crippen LogP contribution in [0.2, 0.25) is 5.02 Å². The summed E-state index contributed by atoms with van der Waals surface area (Å²) >= 11 is 5.97. The van der Waals surface area contributed by atoms with Crippen LogP contribution in [0.15, 0.2) is 36.7 Å². The molecular weight excluding hydrogens is 227 g/mol. The summed E-state index contributed by atoms with van der Waals surface area (Å²) < 4.78 is 13.0. The van der Waals surface area contributed by atoms with Crippen molar-refractivity contribution in [3.63, 3.8) is 0 Å². The van der Waals surface area contributed by atoms with Gasteiger partial charge in [0.25, 0.3) is 0 Å². The number of nitrogens with two attached hydrogens (primary N) is 1. The number of rotatable bonds is 2. The van der Waals surface area contributed by atoms with E-state index in [-0.39, 0.29) is 5.82 Å². The van der Waals surface area contributed by atoms with Crippen molar-refractivity contribution in [2.24, 2.45) is 0 Å². The zero-order valence-corrected chi connectivity index (χ0v) is 9.21. The minimum atomic E-state index is -0.304. The van der Waals surface area contributed by atoms with Crippen LogP contribution in [0.25, 0.3) is 0 Å². The topological polar surface area (TPSA) is 38.9 Å². The van der Waals surface area contributed by atoms with Crippen LogP contribution in [0, 0.1) is 5.82 Å². The van der Waals surface area contributed by atoms with E-state index in [0.717, 1.165) is 5.56 Å². The van der Waals surface area contributed by atoms with Gasteiger partial charge in [0.1, 0.15) is 5.82 Å². The Kier molecular flexibility index (Phi) is 3.06. The monoisotopic (exact) mass is 236 g/mol. The molecule has 0 aliphatic carbocycles. The van der Waals surface area contributed by atoms with Gasteiger partial charge in [-0.05, 0) is 35.4 Å². The zero-order chi connectivity index (χ0) is 11.5. The van der Waals surface area contributed by atoms with Crippen LogP contribution in [0.1, 0.15) is 11.1 Å². The first kappa shape index (κ1) is 10.9. The number of hydrogen-bond donors (Lipinski definition) is 1. The Morgan fingerprint density at radius 2 is 2.06 bits per heavy atom. The minimum Gasteiger partial charge on any atom is -0.398 e. The van der Waals surface area contributed by atoms with Gasteiger partial charge in [0.05, 0.1) is 0 Å². The number of hydrogen-bond acceptors (Lipinski definition) is 2. The molecule has 0 saturated carbocycles. The molecule has 16 heavy (non-hydrogen) atoms. The fourth-order valence-corrected chi connectivity index (χ4v) is 1.65. The van der Waals surface area contributed by atoms with Gasteiger partial charge in [-0.2, -0.15) is 0 Å². The Labute approximate surface area is 97.9 Å². The molecule has 0 aliphatic rings. The molecule has 4 heteroatoms. The lowest BCUT2D eigenvalue weighted by Gasteiger charge is -2.06. The maximum Gasteiger partial charge on any atom is 0.123 e. The number of benzene rings is 1. The number of anilines is 1. The van der Waals surface area contributed by atoms with Gasteiger partial charge in [-0.1, -0.05) is 11.6 Å². The van der Waals surface area contributed by atoms with E-state index in [2.05, 4.69) is 4.98 Å². The zero-order valence-electron chi connectivity index (χ0n) is 8.45. The quantitative estimate of drug-likeness (QED) is 0.871. The second-order valence-electron chi connectivity index (χ2n) is 3.49. The SMILES string of the molecule is Nc1ccncc1Cc1cc(F)ccc1Cl. The molecule has 2 aromatic rings. The van der Waals surface area contributed by atoms with Crippen molar-refractivity contribution in [3.8, 4) is 0 Å². The largest absolute Gasteiger partial charge is 0.398 e. The van der Waals surface area contributed by atoms with Crippen molar-refractivity contribution in [1.82, 2.24) is 4.98 Å². The standard InChI is InChI=1S/C12H10ClFN2/c13-11-2-1-10(14)6-8(11)5-9-7-16-4-3-12(9)15/h1-4,6-7H,5H2,(H2,15,16). The number of aromatic nitrogens is 1. The van der Waals surface area contributed by atoms with Gasteiger partial charge in [-0.15, -0.1) is 0 Å².